The number of anilines is 1. The molecule has 0 spiro atoms. The standard InChI is InChI=1S/C21H22N4O5S/c1-25-18(12-30-15-10-8-14(28-2)9-11-15)23-24-21(25)31-13-19(26)22-17-7-5-4-6-16(17)20(27)29-3/h4-11H,12-13H2,1-3H3,(H,22,26). The molecule has 1 heterocycles. The molecule has 0 unspecified atom stereocenters. The van der Waals surface area contributed by atoms with Crippen molar-refractivity contribution in [2.75, 3.05) is 25.3 Å². The summed E-state index contributed by atoms with van der Waals surface area (Å²) in [6.45, 7) is 0.231. The van der Waals surface area contributed by atoms with E-state index < -0.39 is 5.97 Å². The Balaban J connectivity index is 1.55. The highest BCUT2D eigenvalue weighted by Crippen LogP contribution is 2.21. The first kappa shape index (κ1) is 22.2. The number of aromatic nitrogens is 3. The van der Waals surface area contributed by atoms with Crippen LogP contribution < -0.4 is 14.8 Å². The van der Waals surface area contributed by atoms with Crippen molar-refractivity contribution in [1.82, 2.24) is 14.8 Å². The van der Waals surface area contributed by atoms with Gasteiger partial charge >= 0.3 is 5.97 Å². The largest absolute Gasteiger partial charge is 0.497 e. The second-order valence-electron chi connectivity index (χ2n) is 6.30. The van der Waals surface area contributed by atoms with E-state index in [1.54, 1.807) is 55.1 Å². The SMILES string of the molecule is COC(=O)c1ccccc1NC(=O)CSc1nnc(COc2ccc(OC)cc2)n1C. The van der Waals surface area contributed by atoms with Crippen molar-refractivity contribution >= 4 is 29.3 Å². The number of hydrogen-bond donors (Lipinski definition) is 1. The number of nitrogens with one attached hydrogen (secondary N) is 1. The maximum absolute atomic E-state index is 12.4. The van der Waals surface area contributed by atoms with Crippen molar-refractivity contribution in [3.05, 3.63) is 59.9 Å². The van der Waals surface area contributed by atoms with Crippen LogP contribution in [0.3, 0.4) is 0 Å². The van der Waals surface area contributed by atoms with E-state index in [0.29, 0.717) is 28.0 Å². The minimum atomic E-state index is -0.515. The molecule has 2 aromatic carbocycles. The monoisotopic (exact) mass is 442 g/mol. The van der Waals surface area contributed by atoms with E-state index in [2.05, 4.69) is 15.5 Å². The van der Waals surface area contributed by atoms with E-state index in [4.69, 9.17) is 14.2 Å². The molecule has 0 aliphatic carbocycles. The van der Waals surface area contributed by atoms with E-state index >= 15 is 0 Å². The van der Waals surface area contributed by atoms with Crippen LogP contribution in [0.1, 0.15) is 16.2 Å². The van der Waals surface area contributed by atoms with Gasteiger partial charge in [-0.3, -0.25) is 4.79 Å². The maximum Gasteiger partial charge on any atom is 0.339 e. The van der Waals surface area contributed by atoms with Crippen LogP contribution in [0.4, 0.5) is 5.69 Å². The van der Waals surface area contributed by atoms with Gasteiger partial charge in [0.25, 0.3) is 0 Å². The first-order chi connectivity index (χ1) is 15.0. The Morgan fingerprint density at radius 1 is 1.03 bits per heavy atom. The summed E-state index contributed by atoms with van der Waals surface area (Å²) in [5, 5.41) is 11.5. The van der Waals surface area contributed by atoms with E-state index in [-0.39, 0.29) is 18.3 Å². The van der Waals surface area contributed by atoms with Crippen LogP contribution in [0.15, 0.2) is 53.7 Å². The normalized spacial score (nSPS) is 10.4. The number of nitrogens with zero attached hydrogens (tertiary/aromatic N) is 3. The van der Waals surface area contributed by atoms with E-state index in [1.807, 2.05) is 12.1 Å². The van der Waals surface area contributed by atoms with Crippen molar-refractivity contribution in [3.8, 4) is 11.5 Å². The summed E-state index contributed by atoms with van der Waals surface area (Å²) in [5.41, 5.74) is 0.687. The van der Waals surface area contributed by atoms with Gasteiger partial charge in [0.15, 0.2) is 11.0 Å². The zero-order valence-electron chi connectivity index (χ0n) is 17.3. The van der Waals surface area contributed by atoms with Crippen LogP contribution in [0.2, 0.25) is 0 Å². The average molecular weight is 442 g/mol. The fraction of sp³-hybridized carbons (Fsp3) is 0.238. The molecule has 1 amide bonds. The number of esters is 1. The Kier molecular flexibility index (Phi) is 7.50. The second-order valence-corrected chi connectivity index (χ2v) is 7.24. The highest BCUT2D eigenvalue weighted by molar-refractivity contribution is 7.99. The number of methoxy groups -OCH3 is 2. The lowest BCUT2D eigenvalue weighted by Crippen LogP contribution is -2.17. The summed E-state index contributed by atoms with van der Waals surface area (Å²) < 4.78 is 17.4. The summed E-state index contributed by atoms with van der Waals surface area (Å²) >= 11 is 1.23. The Bertz CT molecular complexity index is 1050. The minimum absolute atomic E-state index is 0.0980. The van der Waals surface area contributed by atoms with Gasteiger partial charge in [0.05, 0.1) is 31.2 Å². The van der Waals surface area contributed by atoms with Crippen molar-refractivity contribution in [2.45, 2.75) is 11.8 Å². The lowest BCUT2D eigenvalue weighted by Gasteiger charge is -2.09. The highest BCUT2D eigenvalue weighted by atomic mass is 32.2. The third-order valence-electron chi connectivity index (χ3n) is 4.29. The smallest absolute Gasteiger partial charge is 0.339 e. The maximum atomic E-state index is 12.4. The topological polar surface area (TPSA) is 105 Å². The molecule has 162 valence electrons. The van der Waals surface area contributed by atoms with Gasteiger partial charge in [-0.05, 0) is 36.4 Å². The molecule has 0 saturated carbocycles. The molecule has 0 bridgehead atoms. The quantitative estimate of drug-likeness (QED) is 0.398. The Hall–Kier alpha value is -3.53. The third-order valence-corrected chi connectivity index (χ3v) is 5.31. The molecule has 0 radical (unpaired) electrons. The van der Waals surface area contributed by atoms with Crippen LogP contribution in [0.25, 0.3) is 0 Å². The van der Waals surface area contributed by atoms with Crippen LogP contribution in [0, 0.1) is 0 Å². The van der Waals surface area contributed by atoms with Crippen molar-refractivity contribution < 1.29 is 23.8 Å². The molecule has 3 aromatic rings. The molecule has 1 aromatic heterocycles. The Morgan fingerprint density at radius 3 is 2.45 bits per heavy atom. The summed E-state index contributed by atoms with van der Waals surface area (Å²) in [7, 11) is 4.70. The molecule has 0 saturated heterocycles. The number of benzene rings is 2. The van der Waals surface area contributed by atoms with Gasteiger partial charge in [0.1, 0.15) is 18.1 Å². The number of carbonyl (C=O) groups is 2. The Morgan fingerprint density at radius 2 is 1.74 bits per heavy atom. The van der Waals surface area contributed by atoms with Crippen LogP contribution in [-0.4, -0.2) is 46.6 Å². The van der Waals surface area contributed by atoms with E-state index in [9.17, 15) is 9.59 Å². The molecule has 3 rings (SSSR count). The number of hydrogen-bond acceptors (Lipinski definition) is 8. The zero-order chi connectivity index (χ0) is 22.2. The van der Waals surface area contributed by atoms with Crippen molar-refractivity contribution in [1.29, 1.82) is 0 Å². The molecule has 10 heteroatoms. The molecule has 0 fully saturated rings. The fourth-order valence-electron chi connectivity index (χ4n) is 2.61. The van der Waals surface area contributed by atoms with Gasteiger partial charge in [0.2, 0.25) is 5.91 Å². The first-order valence-electron chi connectivity index (χ1n) is 9.27. The van der Waals surface area contributed by atoms with Gasteiger partial charge in [-0.25, -0.2) is 4.79 Å². The molecule has 0 aliphatic rings. The average Bonchev–Trinajstić information content (AvgIpc) is 3.15. The van der Waals surface area contributed by atoms with Crippen molar-refractivity contribution in [2.24, 2.45) is 7.05 Å². The predicted molar refractivity (Wildman–Crippen MR) is 115 cm³/mol. The van der Waals surface area contributed by atoms with Gasteiger partial charge in [-0.2, -0.15) is 0 Å². The van der Waals surface area contributed by atoms with Crippen LogP contribution in [0.5, 0.6) is 11.5 Å². The number of amides is 1. The molecular formula is C21H22N4O5S. The fourth-order valence-corrected chi connectivity index (χ4v) is 3.34. The van der Waals surface area contributed by atoms with E-state index in [0.717, 1.165) is 5.75 Å². The lowest BCUT2D eigenvalue weighted by atomic mass is 10.2. The second kappa shape index (κ2) is 10.5. The van der Waals surface area contributed by atoms with Gasteiger partial charge in [0, 0.05) is 7.05 Å². The molecule has 0 atom stereocenters. The number of para-hydroxylation sites is 1. The molecule has 0 aliphatic heterocycles. The molecule has 1 N–H and O–H groups in total. The number of thioether (sulfide) groups is 1. The highest BCUT2D eigenvalue weighted by Gasteiger charge is 2.15. The summed E-state index contributed by atoms with van der Waals surface area (Å²) in [6, 6.07) is 13.9. The Labute approximate surface area is 183 Å². The summed E-state index contributed by atoms with van der Waals surface area (Å²) in [6.07, 6.45) is 0. The predicted octanol–water partition coefficient (Wildman–Crippen LogP) is 2.92. The third kappa shape index (κ3) is 5.76. The van der Waals surface area contributed by atoms with Gasteiger partial charge in [-0.15, -0.1) is 10.2 Å². The zero-order valence-corrected chi connectivity index (χ0v) is 18.1. The molecule has 9 nitrogen and oxygen atoms in total. The number of carbonyl (C=O) groups excluding carboxylic acids is 2. The van der Waals surface area contributed by atoms with Crippen LogP contribution in [-0.2, 0) is 23.2 Å². The number of rotatable bonds is 9. The van der Waals surface area contributed by atoms with Gasteiger partial charge in [-0.1, -0.05) is 23.9 Å². The van der Waals surface area contributed by atoms with E-state index in [1.165, 1.54) is 18.9 Å². The van der Waals surface area contributed by atoms with Gasteiger partial charge < -0.3 is 24.1 Å². The minimum Gasteiger partial charge on any atom is -0.497 e. The molecule has 31 heavy (non-hydrogen) atoms. The summed E-state index contributed by atoms with van der Waals surface area (Å²) in [5.74, 6) is 1.35. The summed E-state index contributed by atoms with van der Waals surface area (Å²) in [4.78, 5) is 24.2. The first-order valence-corrected chi connectivity index (χ1v) is 10.3. The van der Waals surface area contributed by atoms with Crippen molar-refractivity contribution in [3.63, 3.8) is 0 Å². The lowest BCUT2D eigenvalue weighted by molar-refractivity contribution is -0.113. The van der Waals surface area contributed by atoms with Crippen LogP contribution >= 0.6 is 11.8 Å². The molecular weight excluding hydrogens is 420 g/mol. The number of ether oxygens (including phenoxy) is 3.